The molecule has 3 N–H and O–H groups in total. The second-order valence-electron chi connectivity index (χ2n) is 7.84. The van der Waals surface area contributed by atoms with Gasteiger partial charge in [0, 0.05) is 6.42 Å². The van der Waals surface area contributed by atoms with Crippen molar-refractivity contribution < 1.29 is 24.2 Å². The summed E-state index contributed by atoms with van der Waals surface area (Å²) in [4.78, 5) is 35.6. The molecule has 0 saturated heterocycles. The smallest absolute Gasteiger partial charge is 0.407 e. The summed E-state index contributed by atoms with van der Waals surface area (Å²) >= 11 is 0. The first-order valence-electron chi connectivity index (χ1n) is 8.33. The number of aliphatic hydroxyl groups is 1. The van der Waals surface area contributed by atoms with E-state index in [0.717, 1.165) is 0 Å². The van der Waals surface area contributed by atoms with Crippen molar-refractivity contribution in [1.82, 2.24) is 10.6 Å². The summed E-state index contributed by atoms with van der Waals surface area (Å²) in [7, 11) is 0. The van der Waals surface area contributed by atoms with Gasteiger partial charge in [-0.15, -0.1) is 12.4 Å². The second-order valence-corrected chi connectivity index (χ2v) is 7.84. The number of amides is 3. The Morgan fingerprint density at radius 3 is 1.96 bits per heavy atom. The van der Waals surface area contributed by atoms with Crippen LogP contribution in [0, 0.1) is 11.8 Å². The number of nitrogens with one attached hydrogen (secondary N) is 2. The molecule has 0 saturated carbocycles. The Morgan fingerprint density at radius 2 is 1.56 bits per heavy atom. The van der Waals surface area contributed by atoms with Gasteiger partial charge in [-0.1, -0.05) is 27.7 Å². The third-order valence-electron chi connectivity index (χ3n) is 2.93. The van der Waals surface area contributed by atoms with Gasteiger partial charge in [0.1, 0.15) is 5.60 Å². The van der Waals surface area contributed by atoms with Gasteiger partial charge in [0.15, 0.2) is 6.10 Å². The van der Waals surface area contributed by atoms with Crippen LogP contribution in [0.25, 0.3) is 0 Å². The number of carbonyl (C=O) groups excluding carboxylic acids is 3. The summed E-state index contributed by atoms with van der Waals surface area (Å²) < 4.78 is 5.15. The Hall–Kier alpha value is -1.34. The largest absolute Gasteiger partial charge is 0.444 e. The molecule has 2 atom stereocenters. The Kier molecular flexibility index (Phi) is 11.7. The molecule has 148 valence electrons. The number of hydrogen-bond acceptors (Lipinski definition) is 5. The summed E-state index contributed by atoms with van der Waals surface area (Å²) in [5, 5.41) is 14.9. The molecule has 25 heavy (non-hydrogen) atoms. The quantitative estimate of drug-likeness (QED) is 0.629. The van der Waals surface area contributed by atoms with Gasteiger partial charge < -0.3 is 15.2 Å². The predicted molar refractivity (Wildman–Crippen MR) is 98.5 cm³/mol. The first-order valence-corrected chi connectivity index (χ1v) is 8.33. The van der Waals surface area contributed by atoms with Crippen LogP contribution in [0.5, 0.6) is 0 Å². The van der Waals surface area contributed by atoms with E-state index in [1.807, 2.05) is 27.7 Å². The van der Waals surface area contributed by atoms with Crippen LogP contribution < -0.4 is 10.6 Å². The van der Waals surface area contributed by atoms with Gasteiger partial charge in [0.2, 0.25) is 5.91 Å². The van der Waals surface area contributed by atoms with Crippen molar-refractivity contribution in [3.05, 3.63) is 0 Å². The minimum absolute atomic E-state index is 0. The number of imide groups is 1. The second kappa shape index (κ2) is 11.3. The Bertz CT molecular complexity index is 447. The van der Waals surface area contributed by atoms with Crippen molar-refractivity contribution in [2.24, 2.45) is 11.8 Å². The van der Waals surface area contributed by atoms with Crippen LogP contribution in [-0.4, -0.2) is 40.8 Å². The lowest BCUT2D eigenvalue weighted by molar-refractivity contribution is -0.137. The maximum Gasteiger partial charge on any atom is 0.407 e. The molecule has 0 aliphatic rings. The average Bonchev–Trinajstić information content (AvgIpc) is 2.32. The molecule has 0 radical (unpaired) electrons. The third-order valence-corrected chi connectivity index (χ3v) is 2.93. The molecule has 0 aromatic heterocycles. The standard InChI is InChI=1S/C17H32N2O5.ClH/c1-10(2)8-12(18-16(23)24-17(5,6)7)14(21)15(22)19-13(20)9-11(3)4;/h10-12,14,21H,8-9H2,1-7H3,(H,18,23)(H,19,20,22);1H/t12-,14?;/m0./s1. The average molecular weight is 381 g/mol. The van der Waals surface area contributed by atoms with Crippen LogP contribution in [-0.2, 0) is 14.3 Å². The molecule has 3 amide bonds. The number of ether oxygens (including phenoxy) is 1. The molecule has 0 spiro atoms. The summed E-state index contributed by atoms with van der Waals surface area (Å²) in [6.07, 6.45) is -1.69. The van der Waals surface area contributed by atoms with Crippen LogP contribution in [0.1, 0.15) is 61.3 Å². The number of halogens is 1. The molecular formula is C17H33ClN2O5. The van der Waals surface area contributed by atoms with E-state index in [0.29, 0.717) is 6.42 Å². The molecule has 0 rings (SSSR count). The lowest BCUT2D eigenvalue weighted by atomic mass is 9.98. The number of hydrogen-bond donors (Lipinski definition) is 3. The highest BCUT2D eigenvalue weighted by atomic mass is 35.5. The van der Waals surface area contributed by atoms with Crippen LogP contribution in [0.15, 0.2) is 0 Å². The number of alkyl carbamates (subject to hydrolysis) is 1. The van der Waals surface area contributed by atoms with Gasteiger partial charge in [-0.05, 0) is 39.0 Å². The summed E-state index contributed by atoms with van der Waals surface area (Å²) in [6.45, 7) is 12.7. The zero-order valence-corrected chi connectivity index (χ0v) is 17.0. The van der Waals surface area contributed by atoms with E-state index < -0.39 is 35.7 Å². The van der Waals surface area contributed by atoms with E-state index in [-0.39, 0.29) is 30.7 Å². The number of aliphatic hydroxyl groups excluding tert-OH is 1. The van der Waals surface area contributed by atoms with Crippen molar-refractivity contribution in [3.8, 4) is 0 Å². The molecular weight excluding hydrogens is 348 g/mol. The third kappa shape index (κ3) is 12.6. The van der Waals surface area contributed by atoms with Crippen molar-refractivity contribution in [2.75, 3.05) is 0 Å². The van der Waals surface area contributed by atoms with E-state index >= 15 is 0 Å². The van der Waals surface area contributed by atoms with E-state index in [4.69, 9.17) is 4.74 Å². The summed E-state index contributed by atoms with van der Waals surface area (Å²) in [5.74, 6) is -1.04. The van der Waals surface area contributed by atoms with Gasteiger partial charge in [0.25, 0.3) is 5.91 Å². The van der Waals surface area contributed by atoms with Gasteiger partial charge in [0.05, 0.1) is 6.04 Å². The van der Waals surface area contributed by atoms with Crippen molar-refractivity contribution in [2.45, 2.75) is 79.1 Å². The predicted octanol–water partition coefficient (Wildman–Crippen LogP) is 2.40. The minimum Gasteiger partial charge on any atom is -0.444 e. The molecule has 8 heteroatoms. The molecule has 0 heterocycles. The molecule has 0 aliphatic heterocycles. The Balaban J connectivity index is 0. The first-order chi connectivity index (χ1) is 10.8. The fraction of sp³-hybridized carbons (Fsp3) is 0.824. The van der Waals surface area contributed by atoms with Gasteiger partial charge in [-0.25, -0.2) is 4.79 Å². The van der Waals surface area contributed by atoms with Gasteiger partial charge in [-0.3, -0.25) is 14.9 Å². The van der Waals surface area contributed by atoms with Gasteiger partial charge in [-0.2, -0.15) is 0 Å². The Labute approximate surface area is 156 Å². The van der Waals surface area contributed by atoms with Crippen LogP contribution in [0.2, 0.25) is 0 Å². The van der Waals surface area contributed by atoms with E-state index in [9.17, 15) is 19.5 Å². The van der Waals surface area contributed by atoms with Crippen LogP contribution in [0.3, 0.4) is 0 Å². The fourth-order valence-corrected chi connectivity index (χ4v) is 2.05. The van der Waals surface area contributed by atoms with E-state index in [1.54, 1.807) is 20.8 Å². The minimum atomic E-state index is -1.53. The molecule has 0 aromatic carbocycles. The zero-order valence-electron chi connectivity index (χ0n) is 16.2. The first kappa shape index (κ1) is 25.9. The lowest BCUT2D eigenvalue weighted by Crippen LogP contribution is -2.53. The Morgan fingerprint density at radius 1 is 1.04 bits per heavy atom. The molecule has 7 nitrogen and oxygen atoms in total. The van der Waals surface area contributed by atoms with E-state index in [1.165, 1.54) is 0 Å². The molecule has 0 bridgehead atoms. The number of rotatable bonds is 7. The van der Waals surface area contributed by atoms with Gasteiger partial charge >= 0.3 is 6.09 Å². The zero-order chi connectivity index (χ0) is 19.1. The van der Waals surface area contributed by atoms with Crippen molar-refractivity contribution in [3.63, 3.8) is 0 Å². The number of carbonyl (C=O) groups is 3. The highest BCUT2D eigenvalue weighted by Crippen LogP contribution is 2.12. The maximum absolute atomic E-state index is 12.1. The normalized spacial score (nSPS) is 13.7. The van der Waals surface area contributed by atoms with E-state index in [2.05, 4.69) is 10.6 Å². The fourth-order valence-electron chi connectivity index (χ4n) is 2.05. The summed E-state index contributed by atoms with van der Waals surface area (Å²) in [6, 6.07) is -0.841. The molecule has 0 aliphatic carbocycles. The highest BCUT2D eigenvalue weighted by molar-refractivity contribution is 5.97. The van der Waals surface area contributed by atoms with Crippen molar-refractivity contribution in [1.29, 1.82) is 0 Å². The lowest BCUT2D eigenvalue weighted by Gasteiger charge is -2.27. The molecule has 0 aromatic rings. The SMILES string of the molecule is CC(C)CC(=O)NC(=O)C(O)[C@H](CC(C)C)NC(=O)OC(C)(C)C.Cl. The van der Waals surface area contributed by atoms with Crippen LogP contribution >= 0.6 is 12.4 Å². The maximum atomic E-state index is 12.1. The topological polar surface area (TPSA) is 105 Å². The molecule has 1 unspecified atom stereocenters. The molecule has 0 fully saturated rings. The monoisotopic (exact) mass is 380 g/mol. The summed E-state index contributed by atoms with van der Waals surface area (Å²) in [5.41, 5.74) is -0.688. The van der Waals surface area contributed by atoms with Crippen molar-refractivity contribution >= 4 is 30.3 Å². The van der Waals surface area contributed by atoms with Crippen LogP contribution in [0.4, 0.5) is 4.79 Å². The highest BCUT2D eigenvalue weighted by Gasteiger charge is 2.30.